The number of nitrogens with zero attached hydrogens (tertiary/aromatic N) is 1. The van der Waals surface area contributed by atoms with E-state index in [1.54, 1.807) is 0 Å². The maximum absolute atomic E-state index is 12.5. The van der Waals surface area contributed by atoms with E-state index in [1.165, 1.54) is 10.5 Å². The lowest BCUT2D eigenvalue weighted by Crippen LogP contribution is -2.54. The van der Waals surface area contributed by atoms with Gasteiger partial charge >= 0.3 is 5.97 Å². The van der Waals surface area contributed by atoms with Crippen LogP contribution < -0.4 is 0 Å². The average Bonchev–Trinajstić information content (AvgIpc) is 2.48. The zero-order valence-electron chi connectivity index (χ0n) is 12.4. The SMILES string of the molecule is Cc1ccc(CC(C)C(=O)N2CCOCC2C(=O)O)cc1. The summed E-state index contributed by atoms with van der Waals surface area (Å²) in [5.74, 6) is -1.37. The first-order valence-corrected chi connectivity index (χ1v) is 7.15. The maximum Gasteiger partial charge on any atom is 0.328 e. The normalized spacial score (nSPS) is 20.1. The number of carboxylic acids is 1. The first-order chi connectivity index (χ1) is 9.99. The van der Waals surface area contributed by atoms with Crippen molar-refractivity contribution < 1.29 is 19.4 Å². The Balaban J connectivity index is 2.03. The highest BCUT2D eigenvalue weighted by Gasteiger charge is 2.34. The molecule has 2 unspecified atom stereocenters. The van der Waals surface area contributed by atoms with E-state index >= 15 is 0 Å². The van der Waals surface area contributed by atoms with Crippen molar-refractivity contribution in [2.24, 2.45) is 5.92 Å². The molecule has 0 aromatic heterocycles. The third kappa shape index (κ3) is 3.82. The third-order valence-electron chi connectivity index (χ3n) is 3.78. The number of ether oxygens (including phenoxy) is 1. The van der Waals surface area contributed by atoms with Crippen LogP contribution in [0.25, 0.3) is 0 Å². The molecule has 1 amide bonds. The Kier molecular flexibility index (Phi) is 4.96. The van der Waals surface area contributed by atoms with E-state index in [9.17, 15) is 14.7 Å². The number of morpholine rings is 1. The molecule has 0 radical (unpaired) electrons. The quantitative estimate of drug-likeness (QED) is 0.912. The molecule has 1 N–H and O–H groups in total. The predicted octanol–water partition coefficient (Wildman–Crippen LogP) is 1.49. The van der Waals surface area contributed by atoms with Crippen LogP contribution in [0.1, 0.15) is 18.1 Å². The predicted molar refractivity (Wildman–Crippen MR) is 78.0 cm³/mol. The molecule has 1 aromatic carbocycles. The fourth-order valence-corrected chi connectivity index (χ4v) is 2.52. The molecular weight excluding hydrogens is 270 g/mol. The molecule has 0 bridgehead atoms. The summed E-state index contributed by atoms with van der Waals surface area (Å²) >= 11 is 0. The van der Waals surface area contributed by atoms with E-state index < -0.39 is 12.0 Å². The average molecular weight is 291 g/mol. The topological polar surface area (TPSA) is 66.8 Å². The summed E-state index contributed by atoms with van der Waals surface area (Å²) in [6.45, 7) is 4.67. The largest absolute Gasteiger partial charge is 0.480 e. The molecule has 114 valence electrons. The summed E-state index contributed by atoms with van der Waals surface area (Å²) in [5, 5.41) is 9.19. The smallest absolute Gasteiger partial charge is 0.328 e. The van der Waals surface area contributed by atoms with Crippen LogP contribution >= 0.6 is 0 Å². The zero-order valence-corrected chi connectivity index (χ0v) is 12.4. The number of carbonyl (C=O) groups excluding carboxylic acids is 1. The van der Waals surface area contributed by atoms with E-state index in [1.807, 2.05) is 38.1 Å². The lowest BCUT2D eigenvalue weighted by atomic mass is 9.98. The molecule has 21 heavy (non-hydrogen) atoms. The molecule has 5 nitrogen and oxygen atoms in total. The van der Waals surface area contributed by atoms with Crippen molar-refractivity contribution in [1.82, 2.24) is 4.90 Å². The van der Waals surface area contributed by atoms with Crippen LogP contribution in [0.2, 0.25) is 0 Å². The van der Waals surface area contributed by atoms with E-state index in [-0.39, 0.29) is 18.4 Å². The van der Waals surface area contributed by atoms with Crippen molar-refractivity contribution in [3.8, 4) is 0 Å². The van der Waals surface area contributed by atoms with Gasteiger partial charge in [-0.1, -0.05) is 36.8 Å². The Morgan fingerprint density at radius 3 is 2.67 bits per heavy atom. The molecular formula is C16H21NO4. The van der Waals surface area contributed by atoms with Crippen molar-refractivity contribution >= 4 is 11.9 Å². The minimum atomic E-state index is -1.01. The molecule has 1 heterocycles. The number of hydrogen-bond acceptors (Lipinski definition) is 3. The Morgan fingerprint density at radius 2 is 2.05 bits per heavy atom. The Labute approximate surface area is 124 Å². The van der Waals surface area contributed by atoms with Gasteiger partial charge in [0.25, 0.3) is 0 Å². The number of rotatable bonds is 4. The second kappa shape index (κ2) is 6.72. The van der Waals surface area contributed by atoms with E-state index in [2.05, 4.69) is 0 Å². The van der Waals surface area contributed by atoms with Crippen molar-refractivity contribution in [3.63, 3.8) is 0 Å². The highest BCUT2D eigenvalue weighted by atomic mass is 16.5. The van der Waals surface area contributed by atoms with Gasteiger partial charge in [-0.05, 0) is 18.9 Å². The van der Waals surface area contributed by atoms with Crippen molar-refractivity contribution in [2.45, 2.75) is 26.3 Å². The van der Waals surface area contributed by atoms with Crippen LogP contribution in [0.3, 0.4) is 0 Å². The molecule has 1 aliphatic heterocycles. The first-order valence-electron chi connectivity index (χ1n) is 7.15. The van der Waals surface area contributed by atoms with Gasteiger partial charge in [-0.15, -0.1) is 0 Å². The van der Waals surface area contributed by atoms with E-state index in [0.717, 1.165) is 5.56 Å². The fraction of sp³-hybridized carbons (Fsp3) is 0.500. The van der Waals surface area contributed by atoms with Crippen LogP contribution in [0.5, 0.6) is 0 Å². The summed E-state index contributed by atoms with van der Waals surface area (Å²) in [5.41, 5.74) is 2.26. The molecule has 1 aliphatic rings. The third-order valence-corrected chi connectivity index (χ3v) is 3.78. The Hall–Kier alpha value is -1.88. The Morgan fingerprint density at radius 1 is 1.38 bits per heavy atom. The van der Waals surface area contributed by atoms with Gasteiger partial charge in [-0.3, -0.25) is 4.79 Å². The van der Waals surface area contributed by atoms with Gasteiger partial charge in [0.05, 0.1) is 13.2 Å². The van der Waals surface area contributed by atoms with E-state index in [4.69, 9.17) is 4.74 Å². The lowest BCUT2D eigenvalue weighted by Gasteiger charge is -2.34. The van der Waals surface area contributed by atoms with Gasteiger partial charge in [-0.2, -0.15) is 0 Å². The highest BCUT2D eigenvalue weighted by Crippen LogP contribution is 2.16. The van der Waals surface area contributed by atoms with Crippen LogP contribution in [-0.2, 0) is 20.7 Å². The van der Waals surface area contributed by atoms with Gasteiger partial charge in [-0.25, -0.2) is 4.79 Å². The molecule has 2 rings (SSSR count). The van der Waals surface area contributed by atoms with Crippen LogP contribution in [0, 0.1) is 12.8 Å². The first kappa shape index (κ1) is 15.5. The van der Waals surface area contributed by atoms with Gasteiger partial charge in [0.1, 0.15) is 0 Å². The van der Waals surface area contributed by atoms with Crippen molar-refractivity contribution in [1.29, 1.82) is 0 Å². The molecule has 1 fully saturated rings. The molecule has 5 heteroatoms. The van der Waals surface area contributed by atoms with Crippen molar-refractivity contribution in [3.05, 3.63) is 35.4 Å². The number of aryl methyl sites for hydroxylation is 1. The second-order valence-corrected chi connectivity index (χ2v) is 5.55. The van der Waals surface area contributed by atoms with Crippen LogP contribution in [0.15, 0.2) is 24.3 Å². The standard InChI is InChI=1S/C16H21NO4/c1-11-3-5-13(6-4-11)9-12(2)15(18)17-7-8-21-10-14(17)16(19)20/h3-6,12,14H,7-10H2,1-2H3,(H,19,20). The van der Waals surface area contributed by atoms with Gasteiger partial charge < -0.3 is 14.7 Å². The number of hydrogen-bond donors (Lipinski definition) is 1. The van der Waals surface area contributed by atoms with Gasteiger partial charge in [0, 0.05) is 12.5 Å². The fourth-order valence-electron chi connectivity index (χ4n) is 2.52. The number of amides is 1. The zero-order chi connectivity index (χ0) is 15.4. The summed E-state index contributed by atoms with van der Waals surface area (Å²) in [4.78, 5) is 25.1. The minimum Gasteiger partial charge on any atom is -0.480 e. The monoisotopic (exact) mass is 291 g/mol. The lowest BCUT2D eigenvalue weighted by molar-refractivity contribution is -0.160. The van der Waals surface area contributed by atoms with Crippen LogP contribution in [0.4, 0.5) is 0 Å². The number of carbonyl (C=O) groups is 2. The number of aliphatic carboxylic acids is 1. The molecule has 0 spiro atoms. The second-order valence-electron chi connectivity index (χ2n) is 5.55. The van der Waals surface area contributed by atoms with E-state index in [0.29, 0.717) is 19.6 Å². The summed E-state index contributed by atoms with van der Waals surface area (Å²) in [6.07, 6.45) is 0.614. The summed E-state index contributed by atoms with van der Waals surface area (Å²) in [7, 11) is 0. The molecule has 1 saturated heterocycles. The Bertz CT molecular complexity index is 512. The van der Waals surface area contributed by atoms with Crippen molar-refractivity contribution in [2.75, 3.05) is 19.8 Å². The van der Waals surface area contributed by atoms with Crippen LogP contribution in [-0.4, -0.2) is 47.7 Å². The number of benzene rings is 1. The number of carboxylic acid groups (broad SMARTS) is 1. The molecule has 2 atom stereocenters. The van der Waals surface area contributed by atoms with Gasteiger partial charge in [0.15, 0.2) is 6.04 Å². The highest BCUT2D eigenvalue weighted by molar-refractivity contribution is 5.85. The maximum atomic E-state index is 12.5. The summed E-state index contributed by atoms with van der Waals surface area (Å²) in [6, 6.07) is 7.18. The minimum absolute atomic E-state index is 0.0678. The van der Waals surface area contributed by atoms with Gasteiger partial charge in [0.2, 0.25) is 5.91 Å². The molecule has 1 aromatic rings. The molecule has 0 saturated carbocycles. The molecule has 0 aliphatic carbocycles. The summed E-state index contributed by atoms with van der Waals surface area (Å²) < 4.78 is 5.16.